The van der Waals surface area contributed by atoms with Crippen LogP contribution in [0.1, 0.15) is 23.0 Å². The molecule has 0 saturated carbocycles. The van der Waals surface area contributed by atoms with E-state index in [-0.39, 0.29) is 23.3 Å². The first-order chi connectivity index (χ1) is 13.9. The summed E-state index contributed by atoms with van der Waals surface area (Å²) in [5.74, 6) is -1.08. The number of fused-ring (bicyclic) bond motifs is 1. The van der Waals surface area contributed by atoms with E-state index >= 15 is 0 Å². The van der Waals surface area contributed by atoms with Crippen molar-refractivity contribution in [1.29, 1.82) is 0 Å². The molecule has 1 N–H and O–H groups in total. The average molecular weight is 416 g/mol. The minimum absolute atomic E-state index is 0.196. The van der Waals surface area contributed by atoms with Gasteiger partial charge in [-0.25, -0.2) is 4.79 Å². The largest absolute Gasteiger partial charge is 0.496 e. The van der Waals surface area contributed by atoms with Crippen LogP contribution in [-0.2, 0) is 16.1 Å². The molecule has 2 aromatic carbocycles. The van der Waals surface area contributed by atoms with E-state index in [0.29, 0.717) is 10.8 Å². The quantitative estimate of drug-likeness (QED) is 0.620. The van der Waals surface area contributed by atoms with Gasteiger partial charge in [0.05, 0.1) is 12.5 Å². The van der Waals surface area contributed by atoms with E-state index in [1.165, 1.54) is 32.2 Å². The molecular weight excluding hydrogens is 398 g/mol. The van der Waals surface area contributed by atoms with Crippen molar-refractivity contribution in [2.75, 3.05) is 7.11 Å². The van der Waals surface area contributed by atoms with E-state index in [4.69, 9.17) is 25.5 Å². The molecule has 1 heterocycles. The zero-order chi connectivity index (χ0) is 21.0. The topological polar surface area (TPSA) is 94.8 Å². The summed E-state index contributed by atoms with van der Waals surface area (Å²) >= 11 is 5.87. The van der Waals surface area contributed by atoms with Crippen molar-refractivity contribution in [2.24, 2.45) is 0 Å². The van der Waals surface area contributed by atoms with Crippen LogP contribution in [0.2, 0.25) is 5.02 Å². The monoisotopic (exact) mass is 415 g/mol. The molecule has 0 fully saturated rings. The van der Waals surface area contributed by atoms with Crippen molar-refractivity contribution in [2.45, 2.75) is 19.6 Å². The highest BCUT2D eigenvalue weighted by Gasteiger charge is 2.21. The van der Waals surface area contributed by atoms with Crippen LogP contribution < -0.4 is 15.5 Å². The SMILES string of the molecule is COc1ccccc1CNC(=O)[C@H](C)OC(=O)c1cc(=O)c2cc(Cl)ccc2o1. The van der Waals surface area contributed by atoms with Crippen LogP contribution in [0.25, 0.3) is 11.0 Å². The number of halogens is 1. The molecule has 29 heavy (non-hydrogen) atoms. The number of carbonyl (C=O) groups is 2. The van der Waals surface area contributed by atoms with Gasteiger partial charge in [0.15, 0.2) is 11.5 Å². The van der Waals surface area contributed by atoms with Gasteiger partial charge in [-0.3, -0.25) is 9.59 Å². The van der Waals surface area contributed by atoms with E-state index in [1.807, 2.05) is 18.2 Å². The fraction of sp³-hybridized carbons (Fsp3) is 0.190. The summed E-state index contributed by atoms with van der Waals surface area (Å²) in [5, 5.41) is 3.30. The highest BCUT2D eigenvalue weighted by atomic mass is 35.5. The van der Waals surface area contributed by atoms with Gasteiger partial charge in [-0.1, -0.05) is 29.8 Å². The fourth-order valence-electron chi connectivity index (χ4n) is 2.68. The Morgan fingerprint density at radius 1 is 1.17 bits per heavy atom. The second-order valence-electron chi connectivity index (χ2n) is 6.19. The van der Waals surface area contributed by atoms with Crippen LogP contribution in [-0.4, -0.2) is 25.1 Å². The molecule has 0 radical (unpaired) electrons. The van der Waals surface area contributed by atoms with Crippen LogP contribution in [0.3, 0.4) is 0 Å². The van der Waals surface area contributed by atoms with Crippen molar-refractivity contribution in [3.8, 4) is 5.75 Å². The normalized spacial score (nSPS) is 11.7. The van der Waals surface area contributed by atoms with Crippen molar-refractivity contribution in [3.63, 3.8) is 0 Å². The van der Waals surface area contributed by atoms with Crippen molar-refractivity contribution >= 4 is 34.4 Å². The Morgan fingerprint density at radius 3 is 2.69 bits per heavy atom. The summed E-state index contributed by atoms with van der Waals surface area (Å²) in [6, 6.07) is 12.7. The minimum Gasteiger partial charge on any atom is -0.496 e. The number of methoxy groups -OCH3 is 1. The second kappa shape index (κ2) is 8.79. The average Bonchev–Trinajstić information content (AvgIpc) is 2.72. The highest BCUT2D eigenvalue weighted by Crippen LogP contribution is 2.19. The maximum absolute atomic E-state index is 12.3. The van der Waals surface area contributed by atoms with Gasteiger partial charge in [-0.05, 0) is 31.2 Å². The summed E-state index contributed by atoms with van der Waals surface area (Å²) in [7, 11) is 1.54. The number of carbonyl (C=O) groups excluding carboxylic acids is 2. The molecule has 0 saturated heterocycles. The van der Waals surface area contributed by atoms with Gasteiger partial charge < -0.3 is 19.2 Å². The summed E-state index contributed by atoms with van der Waals surface area (Å²) in [6.45, 7) is 1.63. The maximum Gasteiger partial charge on any atom is 0.375 e. The van der Waals surface area contributed by atoms with Crippen molar-refractivity contribution in [3.05, 3.63) is 75.1 Å². The molecule has 0 aliphatic heterocycles. The van der Waals surface area contributed by atoms with E-state index in [2.05, 4.69) is 5.32 Å². The number of hydrogen-bond acceptors (Lipinski definition) is 6. The Balaban J connectivity index is 1.67. The maximum atomic E-state index is 12.3. The molecule has 8 heteroatoms. The Labute approximate surface area is 171 Å². The number of ether oxygens (including phenoxy) is 2. The lowest BCUT2D eigenvalue weighted by molar-refractivity contribution is -0.129. The van der Waals surface area contributed by atoms with Crippen LogP contribution in [0.5, 0.6) is 5.75 Å². The molecule has 0 bridgehead atoms. The van der Waals surface area contributed by atoms with E-state index in [1.54, 1.807) is 6.07 Å². The molecule has 0 spiro atoms. The molecule has 1 atom stereocenters. The number of benzene rings is 2. The minimum atomic E-state index is -1.09. The molecule has 7 nitrogen and oxygen atoms in total. The first-order valence-electron chi connectivity index (χ1n) is 8.73. The number of rotatable bonds is 6. The molecule has 3 rings (SSSR count). The number of hydrogen-bond donors (Lipinski definition) is 1. The van der Waals surface area contributed by atoms with Gasteiger partial charge in [0.2, 0.25) is 5.76 Å². The lowest BCUT2D eigenvalue weighted by atomic mass is 10.2. The van der Waals surface area contributed by atoms with E-state index in [0.717, 1.165) is 11.6 Å². The van der Waals surface area contributed by atoms with Gasteiger partial charge in [-0.15, -0.1) is 0 Å². The Bertz CT molecular complexity index is 1120. The standard InChI is InChI=1S/C21H18ClNO6/c1-12(20(25)23-11-13-5-3-4-6-17(13)27-2)28-21(26)19-10-16(24)15-9-14(22)7-8-18(15)29-19/h3-10,12H,11H2,1-2H3,(H,23,25)/t12-/m0/s1. The Hall–Kier alpha value is -3.32. The zero-order valence-corrected chi connectivity index (χ0v) is 16.5. The van der Waals surface area contributed by atoms with Crippen LogP contribution in [0.15, 0.2) is 57.7 Å². The second-order valence-corrected chi connectivity index (χ2v) is 6.63. The van der Waals surface area contributed by atoms with Crippen LogP contribution in [0.4, 0.5) is 0 Å². The van der Waals surface area contributed by atoms with Gasteiger partial charge in [0.1, 0.15) is 11.3 Å². The molecular formula is C21H18ClNO6. The Kier molecular flexibility index (Phi) is 6.19. The molecule has 1 aromatic heterocycles. The van der Waals surface area contributed by atoms with Crippen LogP contribution >= 0.6 is 11.6 Å². The van der Waals surface area contributed by atoms with Gasteiger partial charge in [-0.2, -0.15) is 0 Å². The fourth-order valence-corrected chi connectivity index (χ4v) is 2.85. The van der Waals surface area contributed by atoms with Gasteiger partial charge >= 0.3 is 5.97 Å². The molecule has 0 aliphatic rings. The number of amides is 1. The first-order valence-corrected chi connectivity index (χ1v) is 9.11. The summed E-state index contributed by atoms with van der Waals surface area (Å²) in [5.41, 5.74) is 0.539. The third-order valence-electron chi connectivity index (χ3n) is 4.19. The summed E-state index contributed by atoms with van der Waals surface area (Å²) in [4.78, 5) is 36.8. The molecule has 0 aliphatic carbocycles. The predicted molar refractivity (Wildman–Crippen MR) is 107 cm³/mol. The summed E-state index contributed by atoms with van der Waals surface area (Å²) in [6.07, 6.45) is -1.09. The Morgan fingerprint density at radius 2 is 1.93 bits per heavy atom. The number of nitrogens with one attached hydrogen (secondary N) is 1. The third-order valence-corrected chi connectivity index (χ3v) is 4.42. The third kappa shape index (κ3) is 4.75. The molecule has 150 valence electrons. The zero-order valence-electron chi connectivity index (χ0n) is 15.7. The smallest absolute Gasteiger partial charge is 0.375 e. The predicted octanol–water partition coefficient (Wildman–Crippen LogP) is 3.32. The van der Waals surface area contributed by atoms with Gasteiger partial charge in [0, 0.05) is 23.2 Å². The lowest BCUT2D eigenvalue weighted by Crippen LogP contribution is -2.35. The lowest BCUT2D eigenvalue weighted by Gasteiger charge is -2.14. The summed E-state index contributed by atoms with van der Waals surface area (Å²) < 4.78 is 15.8. The first kappa shape index (κ1) is 20.4. The van der Waals surface area contributed by atoms with Crippen molar-refractivity contribution < 1.29 is 23.5 Å². The number of esters is 1. The molecule has 0 unspecified atom stereocenters. The van der Waals surface area contributed by atoms with Gasteiger partial charge in [0.25, 0.3) is 5.91 Å². The van der Waals surface area contributed by atoms with E-state index < -0.39 is 23.4 Å². The highest BCUT2D eigenvalue weighted by molar-refractivity contribution is 6.31. The molecule has 1 amide bonds. The number of para-hydroxylation sites is 1. The van der Waals surface area contributed by atoms with E-state index in [9.17, 15) is 14.4 Å². The van der Waals surface area contributed by atoms with Crippen LogP contribution in [0, 0.1) is 0 Å². The molecule has 3 aromatic rings. The van der Waals surface area contributed by atoms with Crippen molar-refractivity contribution in [1.82, 2.24) is 5.32 Å².